The molecule has 1 saturated heterocycles. The van der Waals surface area contributed by atoms with Crippen molar-refractivity contribution in [1.29, 1.82) is 0 Å². The van der Waals surface area contributed by atoms with Crippen molar-refractivity contribution in [3.8, 4) is 5.75 Å². The molecule has 1 aliphatic heterocycles. The van der Waals surface area contributed by atoms with E-state index in [0.717, 1.165) is 37.4 Å². The van der Waals surface area contributed by atoms with E-state index in [1.165, 1.54) is 0 Å². The Morgan fingerprint density at radius 2 is 1.97 bits per heavy atom. The molecule has 2 aromatic carbocycles. The van der Waals surface area contributed by atoms with E-state index in [1.54, 1.807) is 6.07 Å². The predicted molar refractivity (Wildman–Crippen MR) is 111 cm³/mol. The minimum absolute atomic E-state index is 0.109. The number of nitrogens with zero attached hydrogens (tertiary/aromatic N) is 2. The Kier molecular flexibility index (Phi) is 5.49. The van der Waals surface area contributed by atoms with Gasteiger partial charge in [-0.05, 0) is 54.1 Å². The molecule has 2 unspecified atom stereocenters. The second-order valence-corrected chi connectivity index (χ2v) is 8.35. The van der Waals surface area contributed by atoms with Crippen LogP contribution in [0.25, 0.3) is 11.0 Å². The average molecular weight is 417 g/mol. The van der Waals surface area contributed by atoms with Gasteiger partial charge in [-0.2, -0.15) is 13.2 Å². The van der Waals surface area contributed by atoms with Gasteiger partial charge in [0.25, 0.3) is 0 Å². The van der Waals surface area contributed by atoms with Gasteiger partial charge in [-0.25, -0.2) is 4.98 Å². The molecule has 4 nitrogen and oxygen atoms in total. The first-order valence-corrected chi connectivity index (χ1v) is 10.2. The van der Waals surface area contributed by atoms with Crippen LogP contribution in [0.2, 0.25) is 0 Å². The molecule has 7 heteroatoms. The summed E-state index contributed by atoms with van der Waals surface area (Å²) in [7, 11) is 0. The molecule has 160 valence electrons. The number of imidazole rings is 1. The second kappa shape index (κ2) is 7.95. The SMILES string of the molecule is CC1CN(CCOc2ccccc2)CCC1(C)c1ccc2[nH]c(C(F)(F)F)nc2c1. The van der Waals surface area contributed by atoms with E-state index in [2.05, 4.69) is 28.7 Å². The van der Waals surface area contributed by atoms with E-state index in [-0.39, 0.29) is 5.41 Å². The minimum atomic E-state index is -4.47. The number of hydrogen-bond donors (Lipinski definition) is 1. The molecule has 30 heavy (non-hydrogen) atoms. The van der Waals surface area contributed by atoms with E-state index in [1.807, 2.05) is 42.5 Å². The fourth-order valence-electron chi connectivity index (χ4n) is 4.25. The number of alkyl halides is 3. The number of benzene rings is 2. The number of likely N-dealkylation sites (tertiary alicyclic amines) is 1. The quantitative estimate of drug-likeness (QED) is 0.616. The molecule has 1 fully saturated rings. The molecular formula is C23H26F3N3O. The summed E-state index contributed by atoms with van der Waals surface area (Å²) in [4.78, 5) is 8.54. The zero-order valence-corrected chi connectivity index (χ0v) is 17.2. The van der Waals surface area contributed by atoms with Gasteiger partial charge in [0.05, 0.1) is 11.0 Å². The topological polar surface area (TPSA) is 41.1 Å². The summed E-state index contributed by atoms with van der Waals surface area (Å²) in [6, 6.07) is 15.2. The maximum Gasteiger partial charge on any atom is 0.449 e. The van der Waals surface area contributed by atoms with Crippen LogP contribution < -0.4 is 4.74 Å². The van der Waals surface area contributed by atoms with E-state index >= 15 is 0 Å². The zero-order valence-electron chi connectivity index (χ0n) is 17.2. The normalized spacial score (nSPS) is 23.0. The zero-order chi connectivity index (χ0) is 21.4. The van der Waals surface area contributed by atoms with Crippen molar-refractivity contribution < 1.29 is 17.9 Å². The van der Waals surface area contributed by atoms with Crippen LogP contribution in [-0.2, 0) is 11.6 Å². The Labute approximate surface area is 174 Å². The van der Waals surface area contributed by atoms with Gasteiger partial charge in [-0.1, -0.05) is 38.1 Å². The highest BCUT2D eigenvalue weighted by molar-refractivity contribution is 5.76. The van der Waals surface area contributed by atoms with E-state index in [0.29, 0.717) is 23.6 Å². The van der Waals surface area contributed by atoms with Crippen molar-refractivity contribution >= 4 is 11.0 Å². The lowest BCUT2D eigenvalue weighted by Crippen LogP contribution is -2.48. The molecule has 4 rings (SSSR count). The summed E-state index contributed by atoms with van der Waals surface area (Å²) in [6.45, 7) is 7.73. The van der Waals surface area contributed by atoms with E-state index in [4.69, 9.17) is 4.74 Å². The van der Waals surface area contributed by atoms with Gasteiger partial charge >= 0.3 is 6.18 Å². The number of ether oxygens (including phenoxy) is 1. The highest BCUT2D eigenvalue weighted by Gasteiger charge is 2.39. The number of rotatable bonds is 5. The number of fused-ring (bicyclic) bond motifs is 1. The number of hydrogen-bond acceptors (Lipinski definition) is 3. The third-order valence-corrected chi connectivity index (χ3v) is 6.40. The van der Waals surface area contributed by atoms with Crippen LogP contribution in [0.3, 0.4) is 0 Å². The van der Waals surface area contributed by atoms with Gasteiger partial charge in [0.1, 0.15) is 12.4 Å². The molecule has 1 aromatic heterocycles. The lowest BCUT2D eigenvalue weighted by molar-refractivity contribution is -0.144. The molecule has 3 aromatic rings. The summed E-state index contributed by atoms with van der Waals surface area (Å²) in [5, 5.41) is 0. The van der Waals surface area contributed by atoms with Crippen LogP contribution >= 0.6 is 0 Å². The molecule has 0 bridgehead atoms. The Balaban J connectivity index is 1.42. The monoisotopic (exact) mass is 417 g/mol. The summed E-state index contributed by atoms with van der Waals surface area (Å²) < 4.78 is 44.7. The molecule has 0 amide bonds. The number of aromatic nitrogens is 2. The fourth-order valence-corrected chi connectivity index (χ4v) is 4.25. The minimum Gasteiger partial charge on any atom is -0.492 e. The Morgan fingerprint density at radius 3 is 2.67 bits per heavy atom. The molecule has 0 radical (unpaired) electrons. The first-order chi connectivity index (χ1) is 14.3. The number of H-pyrrole nitrogens is 1. The fraction of sp³-hybridized carbons (Fsp3) is 0.435. The van der Waals surface area contributed by atoms with Gasteiger partial charge in [-0.3, -0.25) is 4.90 Å². The lowest BCUT2D eigenvalue weighted by atomic mass is 9.68. The van der Waals surface area contributed by atoms with Gasteiger partial charge in [0.15, 0.2) is 0 Å². The first-order valence-electron chi connectivity index (χ1n) is 10.2. The summed E-state index contributed by atoms with van der Waals surface area (Å²) in [6.07, 6.45) is -3.54. The number of para-hydroxylation sites is 1. The second-order valence-electron chi connectivity index (χ2n) is 8.35. The van der Waals surface area contributed by atoms with Crippen LogP contribution in [0.15, 0.2) is 48.5 Å². The lowest BCUT2D eigenvalue weighted by Gasteiger charge is -2.45. The Hall–Kier alpha value is -2.54. The van der Waals surface area contributed by atoms with Crippen molar-refractivity contribution in [2.75, 3.05) is 26.2 Å². The molecule has 1 aliphatic rings. The third kappa shape index (κ3) is 4.17. The number of halogens is 3. The smallest absolute Gasteiger partial charge is 0.449 e. The van der Waals surface area contributed by atoms with Crippen molar-refractivity contribution in [1.82, 2.24) is 14.9 Å². The standard InChI is InChI=1S/C23H26F3N3O/c1-16-15-29(12-13-30-18-6-4-3-5-7-18)11-10-22(16,2)17-8-9-19-20(14-17)28-21(27-19)23(24,25)26/h3-9,14,16H,10-13,15H2,1-2H3,(H,27,28). The Bertz CT molecular complexity index is 1000. The largest absolute Gasteiger partial charge is 0.492 e. The van der Waals surface area contributed by atoms with Crippen molar-refractivity contribution in [3.05, 3.63) is 59.9 Å². The molecule has 2 atom stereocenters. The third-order valence-electron chi connectivity index (χ3n) is 6.40. The van der Waals surface area contributed by atoms with Crippen molar-refractivity contribution in [2.24, 2.45) is 5.92 Å². The van der Waals surface area contributed by atoms with Gasteiger partial charge in [-0.15, -0.1) is 0 Å². The maximum atomic E-state index is 13.0. The number of piperidine rings is 1. The highest BCUT2D eigenvalue weighted by atomic mass is 19.4. The maximum absolute atomic E-state index is 13.0. The predicted octanol–water partition coefficient (Wildman–Crippen LogP) is 5.26. The van der Waals surface area contributed by atoms with Gasteiger partial charge < -0.3 is 9.72 Å². The van der Waals surface area contributed by atoms with E-state index in [9.17, 15) is 13.2 Å². The van der Waals surface area contributed by atoms with Crippen molar-refractivity contribution in [3.63, 3.8) is 0 Å². The molecule has 0 aliphatic carbocycles. The molecule has 0 saturated carbocycles. The van der Waals surface area contributed by atoms with Crippen LogP contribution in [0.4, 0.5) is 13.2 Å². The molecular weight excluding hydrogens is 391 g/mol. The van der Waals surface area contributed by atoms with Gasteiger partial charge in [0.2, 0.25) is 5.82 Å². The summed E-state index contributed by atoms with van der Waals surface area (Å²) in [5.74, 6) is 0.278. The van der Waals surface area contributed by atoms with Crippen LogP contribution in [-0.4, -0.2) is 41.1 Å². The molecule has 2 heterocycles. The number of nitrogens with one attached hydrogen (secondary N) is 1. The number of aromatic amines is 1. The van der Waals surface area contributed by atoms with E-state index < -0.39 is 12.0 Å². The molecule has 0 spiro atoms. The Morgan fingerprint density at radius 1 is 1.20 bits per heavy atom. The van der Waals surface area contributed by atoms with Crippen LogP contribution in [0, 0.1) is 5.92 Å². The summed E-state index contributed by atoms with van der Waals surface area (Å²) >= 11 is 0. The average Bonchev–Trinajstić information content (AvgIpc) is 3.16. The van der Waals surface area contributed by atoms with Gasteiger partial charge in [0, 0.05) is 13.1 Å². The highest BCUT2D eigenvalue weighted by Crippen LogP contribution is 2.40. The van der Waals surface area contributed by atoms with Crippen molar-refractivity contribution in [2.45, 2.75) is 31.9 Å². The molecule has 1 N–H and O–H groups in total. The summed E-state index contributed by atoms with van der Waals surface area (Å²) in [5.41, 5.74) is 1.72. The van der Waals surface area contributed by atoms with Crippen LogP contribution in [0.5, 0.6) is 5.75 Å². The first kappa shape index (κ1) is 20.7. The van der Waals surface area contributed by atoms with Crippen LogP contribution in [0.1, 0.15) is 31.7 Å².